The summed E-state index contributed by atoms with van der Waals surface area (Å²) in [6.45, 7) is 4.15. The Morgan fingerprint density at radius 2 is 2.06 bits per heavy atom. The number of hydrogen-bond donors (Lipinski definition) is 1. The van der Waals surface area contributed by atoms with Crippen LogP contribution in [0.4, 0.5) is 4.39 Å². The molecule has 0 unspecified atom stereocenters. The Hall–Kier alpha value is -0.890. The van der Waals surface area contributed by atoms with Crippen LogP contribution in [0.15, 0.2) is 24.3 Å². The highest BCUT2D eigenvalue weighted by Crippen LogP contribution is 2.43. The molecule has 0 aliphatic heterocycles. The van der Waals surface area contributed by atoms with Gasteiger partial charge in [0.2, 0.25) is 0 Å². The van der Waals surface area contributed by atoms with Crippen molar-refractivity contribution >= 4 is 0 Å². The summed E-state index contributed by atoms with van der Waals surface area (Å²) in [4.78, 5) is 0. The molecule has 0 spiro atoms. The summed E-state index contributed by atoms with van der Waals surface area (Å²) >= 11 is 0. The van der Waals surface area contributed by atoms with Crippen molar-refractivity contribution < 1.29 is 4.39 Å². The SMILES string of the molecule is CCNCC1(Cc2ccccc2F)CCC1. The molecule has 0 atom stereocenters. The maximum atomic E-state index is 13.6. The minimum Gasteiger partial charge on any atom is -0.316 e. The van der Waals surface area contributed by atoms with Gasteiger partial charge in [0.05, 0.1) is 0 Å². The lowest BCUT2D eigenvalue weighted by Crippen LogP contribution is -2.41. The summed E-state index contributed by atoms with van der Waals surface area (Å²) in [7, 11) is 0. The Kier molecular flexibility index (Phi) is 3.59. The van der Waals surface area contributed by atoms with Gasteiger partial charge < -0.3 is 5.32 Å². The van der Waals surface area contributed by atoms with Gasteiger partial charge in [-0.05, 0) is 42.9 Å². The smallest absolute Gasteiger partial charge is 0.126 e. The van der Waals surface area contributed by atoms with E-state index in [9.17, 15) is 4.39 Å². The molecule has 0 heterocycles. The summed E-state index contributed by atoms with van der Waals surface area (Å²) < 4.78 is 13.6. The topological polar surface area (TPSA) is 12.0 Å². The van der Waals surface area contributed by atoms with Crippen LogP contribution in [-0.4, -0.2) is 13.1 Å². The van der Waals surface area contributed by atoms with Gasteiger partial charge in [-0.3, -0.25) is 0 Å². The minimum atomic E-state index is -0.0507. The lowest BCUT2D eigenvalue weighted by atomic mass is 9.65. The van der Waals surface area contributed by atoms with E-state index in [2.05, 4.69) is 12.2 Å². The van der Waals surface area contributed by atoms with Crippen molar-refractivity contribution in [3.05, 3.63) is 35.6 Å². The Morgan fingerprint density at radius 1 is 1.31 bits per heavy atom. The Morgan fingerprint density at radius 3 is 2.62 bits per heavy atom. The second kappa shape index (κ2) is 4.96. The molecule has 0 amide bonds. The van der Waals surface area contributed by atoms with E-state index >= 15 is 0 Å². The fourth-order valence-electron chi connectivity index (χ4n) is 2.53. The standard InChI is InChI=1S/C14H20FN/c1-2-16-11-14(8-5-9-14)10-12-6-3-4-7-13(12)15/h3-4,6-7,16H,2,5,8-11H2,1H3. The third kappa shape index (κ3) is 2.43. The molecule has 1 nitrogen and oxygen atoms in total. The summed E-state index contributed by atoms with van der Waals surface area (Å²) in [5.41, 5.74) is 1.19. The molecule has 1 aromatic carbocycles. The lowest BCUT2D eigenvalue weighted by molar-refractivity contribution is 0.129. The van der Waals surface area contributed by atoms with Crippen LogP contribution in [0.5, 0.6) is 0 Å². The number of benzene rings is 1. The summed E-state index contributed by atoms with van der Waals surface area (Å²) in [6.07, 6.45) is 4.63. The average Bonchev–Trinajstić information content (AvgIpc) is 2.24. The Bertz CT molecular complexity index is 344. The fourth-order valence-corrected chi connectivity index (χ4v) is 2.53. The van der Waals surface area contributed by atoms with Gasteiger partial charge in [-0.1, -0.05) is 31.5 Å². The predicted octanol–water partition coefficient (Wildman–Crippen LogP) is 3.15. The first-order valence-corrected chi connectivity index (χ1v) is 6.20. The van der Waals surface area contributed by atoms with E-state index in [1.165, 1.54) is 19.3 Å². The van der Waals surface area contributed by atoms with Crippen LogP contribution in [0.2, 0.25) is 0 Å². The van der Waals surface area contributed by atoms with E-state index in [1.54, 1.807) is 12.1 Å². The van der Waals surface area contributed by atoms with Crippen molar-refractivity contribution in [3.63, 3.8) is 0 Å². The molecule has 0 radical (unpaired) electrons. The third-order valence-electron chi connectivity index (χ3n) is 3.69. The predicted molar refractivity (Wildman–Crippen MR) is 64.9 cm³/mol. The number of halogens is 1. The van der Waals surface area contributed by atoms with Gasteiger partial charge in [0.25, 0.3) is 0 Å². The second-order valence-corrected chi connectivity index (χ2v) is 4.90. The molecule has 1 aliphatic rings. The van der Waals surface area contributed by atoms with E-state index in [1.807, 2.05) is 12.1 Å². The Labute approximate surface area is 97.1 Å². The summed E-state index contributed by atoms with van der Waals surface area (Å²) in [5, 5.41) is 3.41. The fraction of sp³-hybridized carbons (Fsp3) is 0.571. The molecular weight excluding hydrogens is 201 g/mol. The maximum absolute atomic E-state index is 13.6. The summed E-state index contributed by atoms with van der Waals surface area (Å²) in [6, 6.07) is 7.17. The maximum Gasteiger partial charge on any atom is 0.126 e. The molecule has 1 aromatic rings. The quantitative estimate of drug-likeness (QED) is 0.805. The highest BCUT2D eigenvalue weighted by molar-refractivity contribution is 5.20. The summed E-state index contributed by atoms with van der Waals surface area (Å²) in [5.74, 6) is -0.0507. The van der Waals surface area contributed by atoms with Crippen LogP contribution >= 0.6 is 0 Å². The molecule has 0 aromatic heterocycles. The molecular formula is C14H20FN. The lowest BCUT2D eigenvalue weighted by Gasteiger charge is -2.42. The van der Waals surface area contributed by atoms with Crippen LogP contribution < -0.4 is 5.32 Å². The van der Waals surface area contributed by atoms with Crippen molar-refractivity contribution in [2.75, 3.05) is 13.1 Å². The van der Waals surface area contributed by atoms with E-state index in [0.717, 1.165) is 25.1 Å². The second-order valence-electron chi connectivity index (χ2n) is 4.90. The van der Waals surface area contributed by atoms with Crippen LogP contribution in [0.1, 0.15) is 31.7 Å². The minimum absolute atomic E-state index is 0.0507. The van der Waals surface area contributed by atoms with Crippen molar-refractivity contribution in [1.82, 2.24) is 5.32 Å². The van der Waals surface area contributed by atoms with Gasteiger partial charge >= 0.3 is 0 Å². The van der Waals surface area contributed by atoms with E-state index in [-0.39, 0.29) is 5.82 Å². The monoisotopic (exact) mass is 221 g/mol. The number of hydrogen-bond acceptors (Lipinski definition) is 1. The molecule has 0 saturated heterocycles. The molecule has 0 bridgehead atoms. The first-order valence-electron chi connectivity index (χ1n) is 6.20. The number of nitrogens with one attached hydrogen (secondary N) is 1. The third-order valence-corrected chi connectivity index (χ3v) is 3.69. The van der Waals surface area contributed by atoms with Crippen molar-refractivity contribution in [3.8, 4) is 0 Å². The highest BCUT2D eigenvalue weighted by atomic mass is 19.1. The zero-order chi connectivity index (χ0) is 11.4. The molecule has 1 fully saturated rings. The van der Waals surface area contributed by atoms with Crippen molar-refractivity contribution in [2.24, 2.45) is 5.41 Å². The van der Waals surface area contributed by atoms with Crippen LogP contribution in [0.25, 0.3) is 0 Å². The largest absolute Gasteiger partial charge is 0.316 e. The van der Waals surface area contributed by atoms with Crippen molar-refractivity contribution in [2.45, 2.75) is 32.6 Å². The van der Waals surface area contributed by atoms with Gasteiger partial charge in [0.15, 0.2) is 0 Å². The first-order chi connectivity index (χ1) is 7.76. The number of rotatable bonds is 5. The van der Waals surface area contributed by atoms with E-state index in [0.29, 0.717) is 5.41 Å². The van der Waals surface area contributed by atoms with Crippen LogP contribution in [0.3, 0.4) is 0 Å². The van der Waals surface area contributed by atoms with Gasteiger partial charge in [-0.2, -0.15) is 0 Å². The molecule has 1 saturated carbocycles. The van der Waals surface area contributed by atoms with Crippen LogP contribution in [0, 0.1) is 11.2 Å². The van der Waals surface area contributed by atoms with E-state index in [4.69, 9.17) is 0 Å². The molecule has 88 valence electrons. The van der Waals surface area contributed by atoms with Gasteiger partial charge in [0.1, 0.15) is 5.82 Å². The van der Waals surface area contributed by atoms with Gasteiger partial charge in [-0.15, -0.1) is 0 Å². The first kappa shape index (κ1) is 11.6. The molecule has 2 rings (SSSR count). The normalized spacial score (nSPS) is 18.1. The zero-order valence-corrected chi connectivity index (χ0v) is 9.93. The van der Waals surface area contributed by atoms with Crippen molar-refractivity contribution in [1.29, 1.82) is 0 Å². The highest BCUT2D eigenvalue weighted by Gasteiger charge is 2.36. The molecule has 2 heteroatoms. The average molecular weight is 221 g/mol. The Balaban J connectivity index is 2.04. The van der Waals surface area contributed by atoms with Crippen LogP contribution in [-0.2, 0) is 6.42 Å². The molecule has 1 N–H and O–H groups in total. The van der Waals surface area contributed by atoms with Gasteiger partial charge in [0, 0.05) is 6.54 Å². The molecule has 16 heavy (non-hydrogen) atoms. The zero-order valence-electron chi connectivity index (χ0n) is 9.93. The molecule has 1 aliphatic carbocycles. The van der Waals surface area contributed by atoms with Gasteiger partial charge in [-0.25, -0.2) is 4.39 Å². The van der Waals surface area contributed by atoms with E-state index < -0.39 is 0 Å².